The second kappa shape index (κ2) is 7.57. The predicted molar refractivity (Wildman–Crippen MR) is 107 cm³/mol. The maximum atomic E-state index is 13.2. The van der Waals surface area contributed by atoms with Crippen molar-refractivity contribution in [1.29, 1.82) is 0 Å². The molecular weight excluding hydrogens is 354 g/mol. The third kappa shape index (κ3) is 2.99. The molecule has 28 heavy (non-hydrogen) atoms. The van der Waals surface area contributed by atoms with Gasteiger partial charge >= 0.3 is 0 Å². The number of hydrogen-bond donors (Lipinski definition) is 1. The van der Waals surface area contributed by atoms with Gasteiger partial charge in [0.1, 0.15) is 0 Å². The molecule has 2 saturated heterocycles. The molecule has 0 radical (unpaired) electrons. The zero-order valence-electron chi connectivity index (χ0n) is 16.6. The summed E-state index contributed by atoms with van der Waals surface area (Å²) >= 11 is 0. The van der Waals surface area contributed by atoms with E-state index < -0.39 is 5.41 Å². The van der Waals surface area contributed by atoms with Crippen molar-refractivity contribution in [3.63, 3.8) is 0 Å². The lowest BCUT2D eigenvalue weighted by Crippen LogP contribution is -2.51. The maximum Gasteiger partial charge on any atom is 0.242 e. The van der Waals surface area contributed by atoms with E-state index >= 15 is 0 Å². The van der Waals surface area contributed by atoms with Gasteiger partial charge in [-0.1, -0.05) is 38.0 Å². The zero-order valence-corrected chi connectivity index (χ0v) is 16.6. The molecule has 0 saturated carbocycles. The highest BCUT2D eigenvalue weighted by Crippen LogP contribution is 2.49. The Bertz CT molecular complexity index is 793. The van der Waals surface area contributed by atoms with Gasteiger partial charge in [0.2, 0.25) is 17.7 Å². The summed E-state index contributed by atoms with van der Waals surface area (Å²) in [7, 11) is 0. The van der Waals surface area contributed by atoms with Crippen LogP contribution in [0.15, 0.2) is 24.3 Å². The second-order valence-corrected chi connectivity index (χ2v) is 8.24. The Morgan fingerprint density at radius 1 is 1.18 bits per heavy atom. The first-order valence-corrected chi connectivity index (χ1v) is 10.6. The Kier molecular flexibility index (Phi) is 5.13. The molecule has 2 atom stereocenters. The molecule has 0 aromatic heterocycles. The molecule has 6 nitrogen and oxygen atoms in total. The average Bonchev–Trinajstić information content (AvgIpc) is 3.12. The molecule has 3 amide bonds. The van der Waals surface area contributed by atoms with Gasteiger partial charge in [-0.3, -0.25) is 14.4 Å². The van der Waals surface area contributed by atoms with E-state index in [1.54, 1.807) is 4.90 Å². The van der Waals surface area contributed by atoms with Crippen LogP contribution in [0.4, 0.5) is 5.69 Å². The van der Waals surface area contributed by atoms with E-state index in [0.717, 1.165) is 43.4 Å². The van der Waals surface area contributed by atoms with Gasteiger partial charge in [0, 0.05) is 25.2 Å². The molecule has 0 unspecified atom stereocenters. The summed E-state index contributed by atoms with van der Waals surface area (Å²) in [6.07, 6.45) is 5.75. The van der Waals surface area contributed by atoms with Gasteiger partial charge in [-0.05, 0) is 37.3 Å². The van der Waals surface area contributed by atoms with Crippen LogP contribution in [0.25, 0.3) is 0 Å². The maximum absolute atomic E-state index is 13.2. The minimum Gasteiger partial charge on any atom is -0.337 e. The number of amides is 3. The fourth-order valence-electron chi connectivity index (χ4n) is 5.24. The SMILES string of the molecule is CCC[C@@H]1N(C(=O)CN2CCCCCC2=O)CC[C@]12C(=O)Nc1ccccc12. The molecule has 2 fully saturated rings. The molecule has 1 aromatic carbocycles. The molecule has 150 valence electrons. The highest BCUT2D eigenvalue weighted by atomic mass is 16.2. The molecule has 3 aliphatic heterocycles. The quantitative estimate of drug-likeness (QED) is 0.869. The Balaban J connectivity index is 1.60. The van der Waals surface area contributed by atoms with E-state index in [9.17, 15) is 14.4 Å². The number of benzene rings is 1. The normalized spacial score (nSPS) is 27.1. The first-order chi connectivity index (χ1) is 13.6. The van der Waals surface area contributed by atoms with Gasteiger partial charge in [-0.25, -0.2) is 0 Å². The zero-order chi connectivity index (χ0) is 19.7. The highest BCUT2D eigenvalue weighted by Gasteiger charge is 2.58. The Morgan fingerprint density at radius 3 is 2.82 bits per heavy atom. The minimum atomic E-state index is -0.662. The van der Waals surface area contributed by atoms with E-state index in [4.69, 9.17) is 0 Å². The highest BCUT2D eigenvalue weighted by molar-refractivity contribution is 6.07. The minimum absolute atomic E-state index is 0.00768. The standard InChI is InChI=1S/C22H29N3O3/c1-2-8-18-22(16-9-5-6-10-17(16)23-21(22)28)12-14-25(18)20(27)15-24-13-7-3-4-11-19(24)26/h5-6,9-10,18H,2-4,7-8,11-15H2,1H3,(H,23,28)/t18-,22+/m0/s1. The van der Waals surface area contributed by atoms with Crippen molar-refractivity contribution in [2.75, 3.05) is 25.0 Å². The number of nitrogens with one attached hydrogen (secondary N) is 1. The van der Waals surface area contributed by atoms with Gasteiger partial charge in [-0.15, -0.1) is 0 Å². The number of likely N-dealkylation sites (tertiary alicyclic amines) is 2. The van der Waals surface area contributed by atoms with E-state index in [-0.39, 0.29) is 30.3 Å². The van der Waals surface area contributed by atoms with Crippen LogP contribution in [0.5, 0.6) is 0 Å². The van der Waals surface area contributed by atoms with E-state index in [1.807, 2.05) is 29.2 Å². The van der Waals surface area contributed by atoms with Gasteiger partial charge in [0.15, 0.2) is 0 Å². The predicted octanol–water partition coefficient (Wildman–Crippen LogP) is 2.68. The summed E-state index contributed by atoms with van der Waals surface area (Å²) in [5.41, 5.74) is 1.22. The molecule has 6 heteroatoms. The summed E-state index contributed by atoms with van der Waals surface area (Å²) in [5, 5.41) is 3.03. The largest absolute Gasteiger partial charge is 0.337 e. The van der Waals surface area contributed by atoms with Crippen LogP contribution < -0.4 is 5.32 Å². The number of rotatable bonds is 4. The van der Waals surface area contributed by atoms with Crippen LogP contribution in [0.2, 0.25) is 0 Å². The summed E-state index contributed by atoms with van der Waals surface area (Å²) in [6, 6.07) is 7.68. The molecule has 1 spiro atoms. The van der Waals surface area contributed by atoms with Crippen molar-refractivity contribution in [1.82, 2.24) is 9.80 Å². The first-order valence-electron chi connectivity index (χ1n) is 10.6. The van der Waals surface area contributed by atoms with E-state index in [2.05, 4.69) is 12.2 Å². The lowest BCUT2D eigenvalue weighted by Gasteiger charge is -2.35. The van der Waals surface area contributed by atoms with Crippen LogP contribution in [-0.2, 0) is 19.8 Å². The van der Waals surface area contributed by atoms with Crippen molar-refractivity contribution in [2.24, 2.45) is 0 Å². The van der Waals surface area contributed by atoms with E-state index in [0.29, 0.717) is 25.9 Å². The summed E-state index contributed by atoms with van der Waals surface area (Å²) < 4.78 is 0. The fraction of sp³-hybridized carbons (Fsp3) is 0.591. The van der Waals surface area contributed by atoms with Gasteiger partial charge in [0.05, 0.1) is 18.0 Å². The smallest absolute Gasteiger partial charge is 0.242 e. The number of hydrogen-bond acceptors (Lipinski definition) is 3. The molecule has 0 aliphatic carbocycles. The Hall–Kier alpha value is -2.37. The van der Waals surface area contributed by atoms with Gasteiger partial charge in [-0.2, -0.15) is 0 Å². The number of nitrogens with zero attached hydrogens (tertiary/aromatic N) is 2. The van der Waals surface area contributed by atoms with Crippen LogP contribution in [-0.4, -0.2) is 53.2 Å². The average molecular weight is 383 g/mol. The summed E-state index contributed by atoms with van der Waals surface area (Å²) in [4.78, 5) is 42.2. The van der Waals surface area contributed by atoms with Gasteiger partial charge < -0.3 is 15.1 Å². The topological polar surface area (TPSA) is 69.7 Å². The van der Waals surface area contributed by atoms with Crippen LogP contribution >= 0.6 is 0 Å². The van der Waals surface area contributed by atoms with Crippen molar-refractivity contribution in [2.45, 2.75) is 63.3 Å². The van der Waals surface area contributed by atoms with Crippen molar-refractivity contribution in [3.8, 4) is 0 Å². The fourth-order valence-corrected chi connectivity index (χ4v) is 5.24. The second-order valence-electron chi connectivity index (χ2n) is 8.24. The lowest BCUT2D eigenvalue weighted by atomic mass is 9.73. The lowest BCUT2D eigenvalue weighted by molar-refractivity contribution is -0.141. The monoisotopic (exact) mass is 383 g/mol. The Labute approximate surface area is 166 Å². The molecule has 3 aliphatic rings. The number of para-hydroxylation sites is 1. The van der Waals surface area contributed by atoms with Gasteiger partial charge in [0.25, 0.3) is 0 Å². The summed E-state index contributed by atoms with van der Waals surface area (Å²) in [6.45, 7) is 3.45. The molecule has 0 bridgehead atoms. The third-order valence-corrected chi connectivity index (χ3v) is 6.63. The molecule has 1 aromatic rings. The van der Waals surface area contributed by atoms with Crippen LogP contribution in [0, 0.1) is 0 Å². The van der Waals surface area contributed by atoms with Crippen LogP contribution in [0.1, 0.15) is 57.4 Å². The van der Waals surface area contributed by atoms with E-state index in [1.165, 1.54) is 0 Å². The van der Waals surface area contributed by atoms with Crippen molar-refractivity contribution >= 4 is 23.4 Å². The van der Waals surface area contributed by atoms with Crippen LogP contribution in [0.3, 0.4) is 0 Å². The number of carbonyl (C=O) groups excluding carboxylic acids is 3. The Morgan fingerprint density at radius 2 is 2.00 bits per heavy atom. The molecule has 1 N–H and O–H groups in total. The molecular formula is C22H29N3O3. The first kappa shape index (κ1) is 19.0. The molecule has 4 rings (SSSR count). The summed E-state index contributed by atoms with van der Waals surface area (Å²) in [5.74, 6) is 0.0619. The van der Waals surface area contributed by atoms with Crippen molar-refractivity contribution < 1.29 is 14.4 Å². The molecule has 3 heterocycles. The third-order valence-electron chi connectivity index (χ3n) is 6.63. The number of anilines is 1. The number of fused-ring (bicyclic) bond motifs is 2. The van der Waals surface area contributed by atoms with Crippen molar-refractivity contribution in [3.05, 3.63) is 29.8 Å². The number of carbonyl (C=O) groups is 3.